The highest BCUT2D eigenvalue weighted by Gasteiger charge is 2.23. The first-order valence-corrected chi connectivity index (χ1v) is 3.71. The van der Waals surface area contributed by atoms with Gasteiger partial charge >= 0.3 is 5.97 Å². The van der Waals surface area contributed by atoms with Gasteiger partial charge in [-0.25, -0.2) is 0 Å². The first-order valence-electron chi connectivity index (χ1n) is 3.71. The molecule has 0 aromatic carbocycles. The molecule has 0 unspecified atom stereocenters. The number of ether oxygens (including phenoxy) is 1. The topological polar surface area (TPSA) is 38.3 Å². The summed E-state index contributed by atoms with van der Waals surface area (Å²) in [5, 5.41) is 3.08. The third-order valence-corrected chi connectivity index (χ3v) is 1.96. The van der Waals surface area contributed by atoms with Gasteiger partial charge in [-0.1, -0.05) is 12.2 Å². The maximum absolute atomic E-state index is 11.0. The van der Waals surface area contributed by atoms with Crippen molar-refractivity contribution >= 4 is 5.97 Å². The van der Waals surface area contributed by atoms with Crippen LogP contribution in [0.3, 0.4) is 0 Å². The monoisotopic (exact) mass is 155 g/mol. The van der Waals surface area contributed by atoms with Crippen LogP contribution in [0, 0.1) is 5.92 Å². The molecule has 1 rings (SSSR count). The summed E-state index contributed by atoms with van der Waals surface area (Å²) in [6.45, 7) is 0. The van der Waals surface area contributed by atoms with Crippen LogP contribution < -0.4 is 5.32 Å². The molecule has 2 atom stereocenters. The molecule has 0 heterocycles. The summed E-state index contributed by atoms with van der Waals surface area (Å²) in [6.07, 6.45) is 4.72. The van der Waals surface area contributed by atoms with Crippen molar-refractivity contribution in [3.05, 3.63) is 12.2 Å². The first kappa shape index (κ1) is 8.27. The van der Waals surface area contributed by atoms with Crippen LogP contribution in [-0.2, 0) is 9.53 Å². The predicted molar refractivity (Wildman–Crippen MR) is 42.1 cm³/mol. The fourth-order valence-electron chi connectivity index (χ4n) is 1.24. The minimum atomic E-state index is -0.140. The van der Waals surface area contributed by atoms with Gasteiger partial charge in [-0.05, 0) is 13.5 Å². The van der Waals surface area contributed by atoms with Gasteiger partial charge in [0.15, 0.2) is 0 Å². The number of carbonyl (C=O) groups is 1. The lowest BCUT2D eigenvalue weighted by molar-refractivity contribution is -0.143. The number of esters is 1. The van der Waals surface area contributed by atoms with E-state index in [1.807, 2.05) is 19.2 Å². The Balaban J connectivity index is 2.43. The van der Waals surface area contributed by atoms with Crippen molar-refractivity contribution in [2.75, 3.05) is 14.2 Å². The van der Waals surface area contributed by atoms with E-state index < -0.39 is 0 Å². The SMILES string of the molecule is CN[C@H]1C=C[C@@H](C(=O)OC)C1. The molecule has 0 fully saturated rings. The Morgan fingerprint density at radius 1 is 1.64 bits per heavy atom. The highest BCUT2D eigenvalue weighted by molar-refractivity contribution is 5.75. The molecule has 0 aromatic rings. The number of carbonyl (C=O) groups excluding carboxylic acids is 1. The molecule has 0 aliphatic heterocycles. The molecule has 0 spiro atoms. The minimum absolute atomic E-state index is 0.0440. The van der Waals surface area contributed by atoms with E-state index in [-0.39, 0.29) is 11.9 Å². The molecule has 0 amide bonds. The van der Waals surface area contributed by atoms with Crippen molar-refractivity contribution in [3.63, 3.8) is 0 Å². The van der Waals surface area contributed by atoms with E-state index in [2.05, 4.69) is 10.1 Å². The quantitative estimate of drug-likeness (QED) is 0.461. The lowest BCUT2D eigenvalue weighted by atomic mass is 10.1. The van der Waals surface area contributed by atoms with Crippen molar-refractivity contribution in [3.8, 4) is 0 Å². The third-order valence-electron chi connectivity index (χ3n) is 1.96. The summed E-state index contributed by atoms with van der Waals surface area (Å²) in [4.78, 5) is 11.0. The van der Waals surface area contributed by atoms with Gasteiger partial charge in [0.2, 0.25) is 0 Å². The Morgan fingerprint density at radius 3 is 2.82 bits per heavy atom. The molecule has 1 aliphatic carbocycles. The van der Waals surface area contributed by atoms with Crippen LogP contribution in [0.15, 0.2) is 12.2 Å². The Kier molecular flexibility index (Phi) is 2.65. The largest absolute Gasteiger partial charge is 0.469 e. The number of rotatable bonds is 2. The van der Waals surface area contributed by atoms with Crippen LogP contribution >= 0.6 is 0 Å². The number of likely N-dealkylation sites (N-methyl/N-ethyl adjacent to an activating group) is 1. The Labute approximate surface area is 66.4 Å². The van der Waals surface area contributed by atoms with Crippen molar-refractivity contribution in [1.29, 1.82) is 0 Å². The minimum Gasteiger partial charge on any atom is -0.469 e. The Bertz CT molecular complexity index is 177. The molecule has 0 aromatic heterocycles. The Morgan fingerprint density at radius 2 is 2.36 bits per heavy atom. The summed E-state index contributed by atoms with van der Waals surface area (Å²) in [6, 6.07) is 0.332. The van der Waals surface area contributed by atoms with Crippen LogP contribution in [0.25, 0.3) is 0 Å². The third kappa shape index (κ3) is 1.80. The van der Waals surface area contributed by atoms with Crippen LogP contribution in [0.2, 0.25) is 0 Å². The van der Waals surface area contributed by atoms with Crippen LogP contribution in [0.5, 0.6) is 0 Å². The predicted octanol–water partition coefficient (Wildman–Crippen LogP) is 0.323. The molecule has 0 bridgehead atoms. The number of hydrogen-bond donors (Lipinski definition) is 1. The highest BCUT2D eigenvalue weighted by Crippen LogP contribution is 2.18. The molecular formula is C8H13NO2. The molecule has 3 nitrogen and oxygen atoms in total. The second-order valence-corrected chi connectivity index (χ2v) is 2.65. The van der Waals surface area contributed by atoms with Crippen molar-refractivity contribution < 1.29 is 9.53 Å². The zero-order valence-electron chi connectivity index (χ0n) is 6.83. The molecule has 0 saturated heterocycles. The lowest BCUT2D eigenvalue weighted by Crippen LogP contribution is -2.23. The highest BCUT2D eigenvalue weighted by atomic mass is 16.5. The van der Waals surface area contributed by atoms with Gasteiger partial charge in [-0.2, -0.15) is 0 Å². The molecule has 3 heteroatoms. The van der Waals surface area contributed by atoms with Gasteiger partial charge in [0.1, 0.15) is 0 Å². The molecule has 1 N–H and O–H groups in total. The molecule has 11 heavy (non-hydrogen) atoms. The molecule has 1 aliphatic rings. The van der Waals surface area contributed by atoms with Crippen molar-refractivity contribution in [2.24, 2.45) is 5.92 Å². The molecule has 0 saturated carbocycles. The van der Waals surface area contributed by atoms with Crippen molar-refractivity contribution in [1.82, 2.24) is 5.32 Å². The zero-order chi connectivity index (χ0) is 8.27. The standard InChI is InChI=1S/C8H13NO2/c1-9-7-4-3-6(5-7)8(10)11-2/h3-4,6-7,9H,5H2,1-2H3/t6-,7+/m1/s1. The molecule has 0 radical (unpaired) electrons. The van der Waals surface area contributed by atoms with Crippen LogP contribution in [-0.4, -0.2) is 26.2 Å². The summed E-state index contributed by atoms with van der Waals surface area (Å²) in [5.41, 5.74) is 0. The summed E-state index contributed by atoms with van der Waals surface area (Å²) in [5.74, 6) is -0.184. The summed E-state index contributed by atoms with van der Waals surface area (Å²) >= 11 is 0. The summed E-state index contributed by atoms with van der Waals surface area (Å²) < 4.78 is 4.61. The summed E-state index contributed by atoms with van der Waals surface area (Å²) in [7, 11) is 3.30. The second kappa shape index (κ2) is 3.53. The zero-order valence-corrected chi connectivity index (χ0v) is 6.83. The second-order valence-electron chi connectivity index (χ2n) is 2.65. The number of nitrogens with one attached hydrogen (secondary N) is 1. The van der Waals surface area contributed by atoms with Crippen molar-refractivity contribution in [2.45, 2.75) is 12.5 Å². The van der Waals surface area contributed by atoms with Gasteiger partial charge in [-0.3, -0.25) is 4.79 Å². The smallest absolute Gasteiger partial charge is 0.312 e. The molecular weight excluding hydrogens is 142 g/mol. The van der Waals surface area contributed by atoms with E-state index in [0.717, 1.165) is 6.42 Å². The number of methoxy groups -OCH3 is 1. The maximum atomic E-state index is 11.0. The normalized spacial score (nSPS) is 28.9. The average Bonchev–Trinajstić information content (AvgIpc) is 2.50. The number of hydrogen-bond acceptors (Lipinski definition) is 3. The average molecular weight is 155 g/mol. The maximum Gasteiger partial charge on any atom is 0.312 e. The van der Waals surface area contributed by atoms with E-state index in [1.54, 1.807) is 0 Å². The fraction of sp³-hybridized carbons (Fsp3) is 0.625. The Hall–Kier alpha value is -0.830. The van der Waals surface area contributed by atoms with E-state index in [1.165, 1.54) is 7.11 Å². The van der Waals surface area contributed by atoms with Gasteiger partial charge in [0, 0.05) is 6.04 Å². The van der Waals surface area contributed by atoms with Crippen LogP contribution in [0.4, 0.5) is 0 Å². The van der Waals surface area contributed by atoms with Gasteiger partial charge in [0.05, 0.1) is 13.0 Å². The first-order chi connectivity index (χ1) is 5.27. The lowest BCUT2D eigenvalue weighted by Gasteiger charge is -2.08. The van der Waals surface area contributed by atoms with Gasteiger partial charge in [-0.15, -0.1) is 0 Å². The van der Waals surface area contributed by atoms with Gasteiger partial charge < -0.3 is 10.1 Å². The van der Waals surface area contributed by atoms with E-state index in [9.17, 15) is 4.79 Å². The van der Waals surface area contributed by atoms with Gasteiger partial charge in [0.25, 0.3) is 0 Å². The molecule has 62 valence electrons. The van der Waals surface area contributed by atoms with E-state index in [4.69, 9.17) is 0 Å². The van der Waals surface area contributed by atoms with E-state index in [0.29, 0.717) is 6.04 Å². The van der Waals surface area contributed by atoms with Crippen LogP contribution in [0.1, 0.15) is 6.42 Å². The fourth-order valence-corrected chi connectivity index (χ4v) is 1.24. The van der Waals surface area contributed by atoms with E-state index >= 15 is 0 Å².